The van der Waals surface area contributed by atoms with Crippen LogP contribution in [0.25, 0.3) is 17.1 Å². The van der Waals surface area contributed by atoms with E-state index in [2.05, 4.69) is 25.3 Å². The van der Waals surface area contributed by atoms with Crippen LogP contribution >= 0.6 is 0 Å². The van der Waals surface area contributed by atoms with Gasteiger partial charge >= 0.3 is 12.3 Å². The number of carbonyl (C=O) groups is 1. The highest BCUT2D eigenvalue weighted by Gasteiger charge is 2.36. The van der Waals surface area contributed by atoms with E-state index in [1.54, 1.807) is 13.0 Å². The molecule has 1 aliphatic rings. The molecule has 1 saturated heterocycles. The van der Waals surface area contributed by atoms with Gasteiger partial charge in [-0.25, -0.2) is 24.7 Å². The Bertz CT molecular complexity index is 1260. The Morgan fingerprint density at radius 3 is 2.59 bits per heavy atom. The molecule has 0 radical (unpaired) electrons. The van der Waals surface area contributed by atoms with Gasteiger partial charge in [-0.05, 0) is 31.9 Å². The highest BCUT2D eigenvalue weighted by Crippen LogP contribution is 2.36. The molecule has 4 heterocycles. The summed E-state index contributed by atoms with van der Waals surface area (Å²) in [6, 6.07) is 4.89. The van der Waals surface area contributed by atoms with Crippen LogP contribution in [0.4, 0.5) is 23.9 Å². The van der Waals surface area contributed by atoms with E-state index < -0.39 is 17.8 Å². The summed E-state index contributed by atoms with van der Waals surface area (Å²) in [4.78, 5) is 28.5. The number of pyridine rings is 1. The van der Waals surface area contributed by atoms with Crippen molar-refractivity contribution in [2.24, 2.45) is 0 Å². The number of hydrogen-bond donors (Lipinski definition) is 2. The van der Waals surface area contributed by atoms with Crippen LogP contribution in [0, 0.1) is 18.3 Å². The van der Waals surface area contributed by atoms with Crippen LogP contribution in [-0.2, 0) is 6.18 Å². The Balaban J connectivity index is 1.63. The van der Waals surface area contributed by atoms with Gasteiger partial charge in [0.2, 0.25) is 5.95 Å². The number of aryl methyl sites for hydroxylation is 1. The second-order valence-corrected chi connectivity index (χ2v) is 7.72. The number of hydrogen-bond acceptors (Lipinski definition) is 7. The molecule has 10 nitrogen and oxygen atoms in total. The van der Waals surface area contributed by atoms with E-state index in [0.29, 0.717) is 43.5 Å². The molecular weight excluding hydrogens is 453 g/mol. The number of alkyl halides is 3. The number of piperidine rings is 1. The maximum absolute atomic E-state index is 13.7. The summed E-state index contributed by atoms with van der Waals surface area (Å²) in [5.74, 6) is 0.00236. The molecule has 4 rings (SSSR count). The minimum Gasteiger partial charge on any atom is -0.465 e. The van der Waals surface area contributed by atoms with Gasteiger partial charge in [-0.15, -0.1) is 0 Å². The van der Waals surface area contributed by atoms with Gasteiger partial charge in [-0.3, -0.25) is 0 Å². The van der Waals surface area contributed by atoms with Crippen LogP contribution in [0.1, 0.15) is 29.8 Å². The lowest BCUT2D eigenvalue weighted by atomic mass is 10.1. The molecule has 0 atom stereocenters. The predicted octanol–water partition coefficient (Wildman–Crippen LogP) is 3.48. The van der Waals surface area contributed by atoms with Crippen molar-refractivity contribution >= 4 is 12.0 Å². The van der Waals surface area contributed by atoms with Gasteiger partial charge in [0.1, 0.15) is 35.0 Å². The van der Waals surface area contributed by atoms with E-state index >= 15 is 0 Å². The van der Waals surface area contributed by atoms with Crippen molar-refractivity contribution in [3.63, 3.8) is 0 Å². The monoisotopic (exact) mass is 472 g/mol. The summed E-state index contributed by atoms with van der Waals surface area (Å²) >= 11 is 0. The summed E-state index contributed by atoms with van der Waals surface area (Å²) in [6.45, 7) is 2.30. The number of amides is 1. The Hall–Kier alpha value is -4.21. The second kappa shape index (κ2) is 8.97. The zero-order valence-corrected chi connectivity index (χ0v) is 17.9. The first-order chi connectivity index (χ1) is 16.2. The molecule has 0 aromatic carbocycles. The minimum atomic E-state index is -4.70. The number of nitrogens with zero attached hydrogens (tertiary/aromatic N) is 7. The smallest absolute Gasteiger partial charge is 0.420 e. The van der Waals surface area contributed by atoms with Gasteiger partial charge in [-0.1, -0.05) is 0 Å². The first-order valence-electron chi connectivity index (χ1n) is 10.3. The molecule has 34 heavy (non-hydrogen) atoms. The van der Waals surface area contributed by atoms with Crippen LogP contribution in [0.5, 0.6) is 0 Å². The summed E-state index contributed by atoms with van der Waals surface area (Å²) in [5.41, 5.74) is -0.130. The van der Waals surface area contributed by atoms with Crippen molar-refractivity contribution < 1.29 is 23.1 Å². The Morgan fingerprint density at radius 1 is 1.24 bits per heavy atom. The number of carboxylic acid groups (broad SMARTS) is 1. The van der Waals surface area contributed by atoms with Crippen LogP contribution in [0.15, 0.2) is 30.9 Å². The molecule has 176 valence electrons. The Kier molecular flexibility index (Phi) is 6.06. The van der Waals surface area contributed by atoms with Gasteiger partial charge in [0.15, 0.2) is 0 Å². The highest BCUT2D eigenvalue weighted by atomic mass is 19.4. The first kappa shape index (κ1) is 23.0. The van der Waals surface area contributed by atoms with Crippen LogP contribution < -0.4 is 5.32 Å². The van der Waals surface area contributed by atoms with Crippen LogP contribution in [-0.4, -0.2) is 59.7 Å². The van der Waals surface area contributed by atoms with E-state index in [1.165, 1.54) is 28.1 Å². The first-order valence-corrected chi connectivity index (χ1v) is 10.3. The van der Waals surface area contributed by atoms with E-state index in [1.807, 2.05) is 6.07 Å². The molecule has 1 amide bonds. The zero-order chi connectivity index (χ0) is 24.5. The van der Waals surface area contributed by atoms with Gasteiger partial charge < -0.3 is 19.9 Å². The lowest BCUT2D eigenvalue weighted by Gasteiger charge is -2.30. The van der Waals surface area contributed by atoms with Crippen molar-refractivity contribution in [3.8, 4) is 23.1 Å². The number of imidazole rings is 1. The lowest BCUT2D eigenvalue weighted by molar-refractivity contribution is -0.137. The molecule has 0 unspecified atom stereocenters. The van der Waals surface area contributed by atoms with Crippen molar-refractivity contribution in [1.29, 1.82) is 5.26 Å². The average molecular weight is 472 g/mol. The van der Waals surface area contributed by atoms with Crippen molar-refractivity contribution in [3.05, 3.63) is 47.8 Å². The average Bonchev–Trinajstić information content (AvgIpc) is 3.28. The predicted molar refractivity (Wildman–Crippen MR) is 113 cm³/mol. The molecule has 0 saturated carbocycles. The number of likely N-dealkylation sites (tertiary alicyclic amines) is 1. The number of halogens is 3. The fourth-order valence-electron chi connectivity index (χ4n) is 3.72. The Morgan fingerprint density at radius 2 is 1.97 bits per heavy atom. The van der Waals surface area contributed by atoms with Crippen LogP contribution in [0.2, 0.25) is 0 Å². The number of rotatable bonds is 4. The molecule has 0 spiro atoms. The third-order valence-electron chi connectivity index (χ3n) is 5.47. The molecular formula is C21H19F3N8O2. The third kappa shape index (κ3) is 4.75. The van der Waals surface area contributed by atoms with E-state index in [9.17, 15) is 18.0 Å². The molecule has 3 aromatic rings. The zero-order valence-electron chi connectivity index (χ0n) is 17.9. The summed E-state index contributed by atoms with van der Waals surface area (Å²) in [7, 11) is 0. The van der Waals surface area contributed by atoms with Crippen molar-refractivity contribution in [2.75, 3.05) is 18.4 Å². The number of nitrogens with one attached hydrogen (secondary N) is 1. The van der Waals surface area contributed by atoms with Gasteiger partial charge in [0.25, 0.3) is 0 Å². The summed E-state index contributed by atoms with van der Waals surface area (Å²) in [5, 5.41) is 21.0. The minimum absolute atomic E-state index is 0.00236. The number of aromatic nitrogens is 5. The largest absolute Gasteiger partial charge is 0.465 e. The molecule has 2 N–H and O–H groups in total. The number of anilines is 1. The van der Waals surface area contributed by atoms with E-state index in [4.69, 9.17) is 10.4 Å². The molecule has 1 aliphatic heterocycles. The van der Waals surface area contributed by atoms with Crippen LogP contribution in [0.3, 0.4) is 0 Å². The van der Waals surface area contributed by atoms with Gasteiger partial charge in [0, 0.05) is 31.5 Å². The third-order valence-corrected chi connectivity index (χ3v) is 5.47. The van der Waals surface area contributed by atoms with Crippen molar-refractivity contribution in [2.45, 2.75) is 32.0 Å². The number of nitriles is 1. The lowest BCUT2D eigenvalue weighted by Crippen LogP contribution is -2.41. The fourth-order valence-corrected chi connectivity index (χ4v) is 3.72. The van der Waals surface area contributed by atoms with Gasteiger partial charge in [-0.2, -0.15) is 18.4 Å². The maximum atomic E-state index is 13.7. The SMILES string of the molecule is Cc1nc(C#N)ccc1-n1cnc(-c2nc(NC3CCN(C(=O)O)CC3)ncc2C(F)(F)F)c1. The molecule has 1 fully saturated rings. The molecule has 3 aromatic heterocycles. The Labute approximate surface area is 191 Å². The van der Waals surface area contributed by atoms with E-state index in [-0.39, 0.29) is 29.1 Å². The topological polar surface area (TPSA) is 133 Å². The molecule has 13 heteroatoms. The maximum Gasteiger partial charge on any atom is 0.420 e. The quantitative estimate of drug-likeness (QED) is 0.590. The second-order valence-electron chi connectivity index (χ2n) is 7.72. The summed E-state index contributed by atoms with van der Waals surface area (Å²) < 4.78 is 42.6. The fraction of sp³-hybridized carbons (Fsp3) is 0.333. The molecule has 0 bridgehead atoms. The summed E-state index contributed by atoms with van der Waals surface area (Å²) in [6.07, 6.45) is -1.28. The van der Waals surface area contributed by atoms with E-state index in [0.717, 1.165) is 0 Å². The van der Waals surface area contributed by atoms with Crippen molar-refractivity contribution in [1.82, 2.24) is 29.4 Å². The highest BCUT2D eigenvalue weighted by molar-refractivity contribution is 5.65. The molecule has 0 aliphatic carbocycles. The normalized spacial score (nSPS) is 14.6. The standard InChI is InChI=1S/C21H19F3N8O2/c1-12-17(3-2-14(8-25)28-12)32-10-16(27-11-32)18-15(21(22,23)24)9-26-19(30-18)29-13-4-6-31(7-5-13)20(33)34/h2-3,9-11,13H,4-7H2,1H3,(H,33,34)(H,26,29,30). The van der Waals surface area contributed by atoms with Gasteiger partial charge in [0.05, 0.1) is 11.4 Å².